The van der Waals surface area contributed by atoms with E-state index in [-0.39, 0.29) is 0 Å². The molecule has 17 heavy (non-hydrogen) atoms. The zero-order valence-electron chi connectivity index (χ0n) is 9.77. The number of thiazole rings is 1. The van der Waals surface area contributed by atoms with Crippen molar-refractivity contribution < 1.29 is 9.90 Å². The van der Waals surface area contributed by atoms with Crippen molar-refractivity contribution in [2.24, 2.45) is 11.1 Å². The second kappa shape index (κ2) is 4.62. The Kier molecular flexibility index (Phi) is 3.35. The monoisotopic (exact) mass is 255 g/mol. The molecule has 94 valence electrons. The summed E-state index contributed by atoms with van der Waals surface area (Å²) in [5, 5.41) is 14.5. The molecule has 0 spiro atoms. The van der Waals surface area contributed by atoms with Gasteiger partial charge in [0.15, 0.2) is 5.13 Å². The lowest BCUT2D eigenvalue weighted by Gasteiger charge is -2.38. The van der Waals surface area contributed by atoms with Crippen molar-refractivity contribution in [2.75, 3.05) is 11.9 Å². The molecule has 1 aliphatic carbocycles. The molecule has 1 aliphatic rings. The van der Waals surface area contributed by atoms with Crippen molar-refractivity contribution in [3.63, 3.8) is 0 Å². The van der Waals surface area contributed by atoms with Crippen LogP contribution in [-0.2, 0) is 4.79 Å². The van der Waals surface area contributed by atoms with Gasteiger partial charge >= 0.3 is 5.97 Å². The van der Waals surface area contributed by atoms with Gasteiger partial charge in [0.1, 0.15) is 6.04 Å². The second-order valence-electron chi connectivity index (χ2n) is 4.91. The Labute approximate surface area is 104 Å². The van der Waals surface area contributed by atoms with Crippen molar-refractivity contribution in [3.8, 4) is 0 Å². The molecule has 0 amide bonds. The predicted octanol–water partition coefficient (Wildman–Crippen LogP) is 1.83. The van der Waals surface area contributed by atoms with Crippen LogP contribution in [-0.4, -0.2) is 22.6 Å². The Morgan fingerprint density at radius 1 is 1.76 bits per heavy atom. The summed E-state index contributed by atoms with van der Waals surface area (Å²) in [6.45, 7) is 3.14. The number of aromatic nitrogens is 1. The van der Waals surface area contributed by atoms with Crippen LogP contribution >= 0.6 is 11.3 Å². The Morgan fingerprint density at radius 3 is 3.00 bits per heavy atom. The van der Waals surface area contributed by atoms with Crippen LogP contribution in [0, 0.1) is 5.41 Å². The summed E-state index contributed by atoms with van der Waals surface area (Å²) in [6.07, 6.45) is 3.78. The topological polar surface area (TPSA) is 88.2 Å². The van der Waals surface area contributed by atoms with E-state index in [0.29, 0.717) is 11.1 Å². The van der Waals surface area contributed by atoms with E-state index in [1.807, 2.05) is 0 Å². The van der Waals surface area contributed by atoms with Gasteiger partial charge in [-0.15, -0.1) is 11.3 Å². The Bertz CT molecular complexity index is 415. The fourth-order valence-corrected chi connectivity index (χ4v) is 2.63. The fraction of sp³-hybridized carbons (Fsp3) is 0.636. The van der Waals surface area contributed by atoms with Gasteiger partial charge in [0.2, 0.25) is 0 Å². The van der Waals surface area contributed by atoms with Gasteiger partial charge in [-0.3, -0.25) is 4.79 Å². The molecule has 0 bridgehead atoms. The molecule has 0 saturated heterocycles. The zero-order chi connectivity index (χ0) is 12.5. The van der Waals surface area contributed by atoms with E-state index in [9.17, 15) is 4.79 Å². The Hall–Kier alpha value is -1.14. The van der Waals surface area contributed by atoms with E-state index in [1.54, 1.807) is 5.38 Å². The largest absolute Gasteiger partial charge is 0.480 e. The summed E-state index contributed by atoms with van der Waals surface area (Å²) in [6, 6.07) is -1.03. The first-order valence-electron chi connectivity index (χ1n) is 5.68. The van der Waals surface area contributed by atoms with Gasteiger partial charge in [-0.25, -0.2) is 4.98 Å². The first kappa shape index (κ1) is 12.3. The third kappa shape index (κ3) is 2.76. The average molecular weight is 255 g/mol. The van der Waals surface area contributed by atoms with Gasteiger partial charge in [0.25, 0.3) is 0 Å². The molecule has 4 N–H and O–H groups in total. The number of aliphatic carboxylic acids is 1. The summed E-state index contributed by atoms with van der Waals surface area (Å²) in [5.41, 5.74) is 6.28. The Balaban J connectivity index is 1.92. The number of nitrogens with two attached hydrogens (primary N) is 1. The van der Waals surface area contributed by atoms with E-state index in [2.05, 4.69) is 17.2 Å². The summed E-state index contributed by atoms with van der Waals surface area (Å²) in [5.74, 6) is -1.05. The molecule has 0 radical (unpaired) electrons. The summed E-state index contributed by atoms with van der Waals surface area (Å²) >= 11 is 1.40. The SMILES string of the molecule is CC1(CNc2nc(C(N)C(=O)O)cs2)CCC1. The van der Waals surface area contributed by atoms with Gasteiger partial charge < -0.3 is 16.2 Å². The van der Waals surface area contributed by atoms with Gasteiger partial charge in [-0.05, 0) is 18.3 Å². The van der Waals surface area contributed by atoms with E-state index < -0.39 is 12.0 Å². The van der Waals surface area contributed by atoms with Gasteiger partial charge in [0.05, 0.1) is 5.69 Å². The molecule has 6 heteroatoms. The minimum absolute atomic E-state index is 0.376. The van der Waals surface area contributed by atoms with Crippen LogP contribution in [0.1, 0.15) is 37.9 Å². The van der Waals surface area contributed by atoms with E-state index >= 15 is 0 Å². The minimum Gasteiger partial charge on any atom is -0.480 e. The number of nitrogens with one attached hydrogen (secondary N) is 1. The van der Waals surface area contributed by atoms with Crippen LogP contribution in [0.5, 0.6) is 0 Å². The first-order chi connectivity index (χ1) is 8.00. The lowest BCUT2D eigenvalue weighted by molar-refractivity contribution is -0.138. The van der Waals surface area contributed by atoms with Crippen LogP contribution in [0.15, 0.2) is 5.38 Å². The van der Waals surface area contributed by atoms with Gasteiger partial charge in [-0.2, -0.15) is 0 Å². The normalized spacial score (nSPS) is 19.4. The van der Waals surface area contributed by atoms with Crippen LogP contribution < -0.4 is 11.1 Å². The molecule has 1 saturated carbocycles. The third-order valence-electron chi connectivity index (χ3n) is 3.33. The van der Waals surface area contributed by atoms with Crippen molar-refractivity contribution >= 4 is 22.4 Å². The van der Waals surface area contributed by atoms with Crippen molar-refractivity contribution in [1.29, 1.82) is 0 Å². The molecular weight excluding hydrogens is 238 g/mol. The number of anilines is 1. The molecule has 1 aromatic heterocycles. The maximum Gasteiger partial charge on any atom is 0.326 e. The predicted molar refractivity (Wildman–Crippen MR) is 67.1 cm³/mol. The molecule has 0 aliphatic heterocycles. The lowest BCUT2D eigenvalue weighted by atomic mass is 9.70. The van der Waals surface area contributed by atoms with Gasteiger partial charge in [-0.1, -0.05) is 13.3 Å². The van der Waals surface area contributed by atoms with Crippen molar-refractivity contribution in [3.05, 3.63) is 11.1 Å². The van der Waals surface area contributed by atoms with Crippen LogP contribution in [0.3, 0.4) is 0 Å². The quantitative estimate of drug-likeness (QED) is 0.747. The fourth-order valence-electron chi connectivity index (χ4n) is 1.88. The molecular formula is C11H17N3O2S. The Morgan fingerprint density at radius 2 is 2.47 bits per heavy atom. The highest BCUT2D eigenvalue weighted by atomic mass is 32.1. The number of carboxylic acid groups (broad SMARTS) is 1. The number of nitrogens with zero attached hydrogens (tertiary/aromatic N) is 1. The maximum atomic E-state index is 10.7. The summed E-state index contributed by atoms with van der Waals surface area (Å²) in [7, 11) is 0. The van der Waals surface area contributed by atoms with Crippen molar-refractivity contribution in [1.82, 2.24) is 4.98 Å². The average Bonchev–Trinajstić information content (AvgIpc) is 2.71. The first-order valence-corrected chi connectivity index (χ1v) is 6.56. The van der Waals surface area contributed by atoms with Crippen LogP contribution in [0.4, 0.5) is 5.13 Å². The molecule has 2 rings (SSSR count). The number of rotatable bonds is 5. The molecule has 5 nitrogen and oxygen atoms in total. The highest BCUT2D eigenvalue weighted by Gasteiger charge is 2.31. The number of carbonyl (C=O) groups is 1. The number of hydrogen-bond acceptors (Lipinski definition) is 5. The zero-order valence-corrected chi connectivity index (χ0v) is 10.6. The smallest absolute Gasteiger partial charge is 0.326 e. The lowest BCUT2D eigenvalue weighted by Crippen LogP contribution is -2.33. The highest BCUT2D eigenvalue weighted by Crippen LogP contribution is 2.40. The number of hydrogen-bond donors (Lipinski definition) is 3. The molecule has 1 atom stereocenters. The number of carboxylic acids is 1. The molecule has 1 aromatic rings. The third-order valence-corrected chi connectivity index (χ3v) is 4.15. The molecule has 1 fully saturated rings. The minimum atomic E-state index is -1.05. The van der Waals surface area contributed by atoms with E-state index in [1.165, 1.54) is 30.6 Å². The van der Waals surface area contributed by atoms with E-state index in [4.69, 9.17) is 10.8 Å². The van der Waals surface area contributed by atoms with Gasteiger partial charge in [0, 0.05) is 11.9 Å². The summed E-state index contributed by atoms with van der Waals surface area (Å²) in [4.78, 5) is 14.9. The van der Waals surface area contributed by atoms with Crippen LogP contribution in [0.2, 0.25) is 0 Å². The van der Waals surface area contributed by atoms with Crippen molar-refractivity contribution in [2.45, 2.75) is 32.2 Å². The second-order valence-corrected chi connectivity index (χ2v) is 5.77. The van der Waals surface area contributed by atoms with E-state index in [0.717, 1.165) is 11.7 Å². The highest BCUT2D eigenvalue weighted by molar-refractivity contribution is 7.13. The molecule has 0 aromatic carbocycles. The molecule has 1 heterocycles. The standard InChI is InChI=1S/C11H17N3O2S/c1-11(3-2-4-11)6-13-10-14-7(5-17-10)8(12)9(15)16/h5,8H,2-4,6,12H2,1H3,(H,13,14)(H,15,16). The van der Waals surface area contributed by atoms with Crippen LogP contribution in [0.25, 0.3) is 0 Å². The maximum absolute atomic E-state index is 10.7. The molecule has 1 unspecified atom stereocenters. The summed E-state index contributed by atoms with van der Waals surface area (Å²) < 4.78 is 0.